The molecule has 0 aliphatic rings. The largest absolute Gasteiger partial charge is 0.313 e. The van der Waals surface area contributed by atoms with Crippen molar-refractivity contribution in [3.05, 3.63) is 24.0 Å². The molecule has 2 rings (SSSR count). The van der Waals surface area contributed by atoms with Crippen LogP contribution in [0.5, 0.6) is 0 Å². The molecular weight excluding hydrogens is 192 g/mol. The zero-order valence-electron chi connectivity index (χ0n) is 8.19. The Morgan fingerprint density at radius 2 is 2.40 bits per heavy atom. The van der Waals surface area contributed by atoms with Gasteiger partial charge in [-0.25, -0.2) is 4.98 Å². The highest BCUT2D eigenvalue weighted by molar-refractivity contribution is 5.88. The van der Waals surface area contributed by atoms with Crippen LogP contribution in [0.2, 0.25) is 0 Å². The van der Waals surface area contributed by atoms with Gasteiger partial charge in [0, 0.05) is 17.6 Å². The molecule has 2 N–H and O–H groups in total. The van der Waals surface area contributed by atoms with E-state index < -0.39 is 0 Å². The third-order valence-corrected chi connectivity index (χ3v) is 2.01. The third-order valence-electron chi connectivity index (χ3n) is 2.01. The molecule has 1 amide bonds. The maximum Gasteiger partial charge on any atom is 0.212 e. The van der Waals surface area contributed by atoms with Crippen LogP contribution in [0.1, 0.15) is 12.6 Å². The lowest BCUT2D eigenvalue weighted by molar-refractivity contribution is -0.105. The Hall–Kier alpha value is -2.17. The van der Waals surface area contributed by atoms with E-state index in [9.17, 15) is 4.79 Å². The van der Waals surface area contributed by atoms with E-state index in [2.05, 4.69) is 20.5 Å². The second-order valence-electron chi connectivity index (χ2n) is 2.99. The Morgan fingerprint density at radius 1 is 1.53 bits per heavy atom. The van der Waals surface area contributed by atoms with Gasteiger partial charge < -0.3 is 5.32 Å². The first-order chi connectivity index (χ1) is 7.35. The predicted octanol–water partition coefficient (Wildman–Crippen LogP) is 1.56. The number of amides is 1. The molecule has 0 saturated carbocycles. The van der Waals surface area contributed by atoms with E-state index in [0.29, 0.717) is 12.2 Å². The Balaban J connectivity index is 2.51. The van der Waals surface area contributed by atoms with E-state index in [4.69, 9.17) is 0 Å². The molecular formula is C10H10N4O. The zero-order valence-corrected chi connectivity index (χ0v) is 8.19. The summed E-state index contributed by atoms with van der Waals surface area (Å²) in [4.78, 5) is 14.3. The highest BCUT2D eigenvalue weighted by atomic mass is 16.1. The van der Waals surface area contributed by atoms with Gasteiger partial charge >= 0.3 is 0 Å². The van der Waals surface area contributed by atoms with Gasteiger partial charge in [0.25, 0.3) is 0 Å². The minimum Gasteiger partial charge on any atom is -0.313 e. The maximum absolute atomic E-state index is 10.2. The zero-order chi connectivity index (χ0) is 10.7. The molecule has 2 aromatic heterocycles. The van der Waals surface area contributed by atoms with E-state index in [1.54, 1.807) is 12.3 Å². The summed E-state index contributed by atoms with van der Waals surface area (Å²) in [5, 5.41) is 10.4. The fraction of sp³-hybridized carbons (Fsp3) is 0.100. The number of rotatable bonds is 3. The van der Waals surface area contributed by atoms with Gasteiger partial charge in [-0.3, -0.25) is 9.89 Å². The molecule has 2 heterocycles. The summed E-state index contributed by atoms with van der Waals surface area (Å²) in [5.41, 5.74) is 1.69. The molecule has 5 heteroatoms. The molecule has 0 aliphatic carbocycles. The van der Waals surface area contributed by atoms with Gasteiger partial charge in [0.15, 0.2) is 0 Å². The number of hydrogen-bond donors (Lipinski definition) is 2. The molecule has 76 valence electrons. The summed E-state index contributed by atoms with van der Waals surface area (Å²) >= 11 is 0. The van der Waals surface area contributed by atoms with Crippen LogP contribution in [0, 0.1) is 0 Å². The van der Waals surface area contributed by atoms with E-state index in [1.807, 2.05) is 19.1 Å². The van der Waals surface area contributed by atoms with Crippen molar-refractivity contribution in [3.63, 3.8) is 0 Å². The fourth-order valence-electron chi connectivity index (χ4n) is 1.36. The lowest BCUT2D eigenvalue weighted by Gasteiger charge is -1.96. The highest BCUT2D eigenvalue weighted by Gasteiger charge is 2.03. The van der Waals surface area contributed by atoms with Crippen molar-refractivity contribution in [3.8, 4) is 0 Å². The monoisotopic (exact) mass is 202 g/mol. The molecule has 0 saturated heterocycles. The Morgan fingerprint density at radius 3 is 3.13 bits per heavy atom. The summed E-state index contributed by atoms with van der Waals surface area (Å²) in [6, 6.07) is 1.74. The average molecular weight is 202 g/mol. The summed E-state index contributed by atoms with van der Waals surface area (Å²) in [5.74, 6) is 0.508. The number of fused-ring (bicyclic) bond motifs is 1. The van der Waals surface area contributed by atoms with Gasteiger partial charge in [0.2, 0.25) is 6.41 Å². The molecule has 0 fully saturated rings. The van der Waals surface area contributed by atoms with Gasteiger partial charge in [0.1, 0.15) is 5.82 Å². The predicted molar refractivity (Wildman–Crippen MR) is 58.3 cm³/mol. The number of anilines is 1. The number of pyridine rings is 1. The molecule has 15 heavy (non-hydrogen) atoms. The number of aromatic nitrogens is 3. The minimum absolute atomic E-state index is 0.508. The number of aromatic amines is 1. The molecule has 0 aromatic carbocycles. The first-order valence-corrected chi connectivity index (χ1v) is 4.52. The van der Waals surface area contributed by atoms with E-state index in [-0.39, 0.29) is 0 Å². The summed E-state index contributed by atoms with van der Waals surface area (Å²) in [6.07, 6.45) is 6.08. The number of carbonyl (C=O) groups excluding carboxylic acids is 1. The third kappa shape index (κ3) is 1.71. The lowest BCUT2D eigenvalue weighted by atomic mass is 10.2. The van der Waals surface area contributed by atoms with Crippen molar-refractivity contribution in [1.29, 1.82) is 0 Å². The first-order valence-electron chi connectivity index (χ1n) is 4.52. The molecule has 0 spiro atoms. The van der Waals surface area contributed by atoms with Crippen molar-refractivity contribution in [1.82, 2.24) is 15.2 Å². The smallest absolute Gasteiger partial charge is 0.212 e. The number of nitrogens with one attached hydrogen (secondary N) is 2. The first kappa shape index (κ1) is 9.39. The summed E-state index contributed by atoms with van der Waals surface area (Å²) in [6.45, 7) is 1.93. The van der Waals surface area contributed by atoms with Crippen LogP contribution in [0.3, 0.4) is 0 Å². The molecule has 2 aromatic rings. The number of nitrogens with zero attached hydrogens (tertiary/aromatic N) is 2. The number of hydrogen-bond acceptors (Lipinski definition) is 3. The van der Waals surface area contributed by atoms with E-state index in [0.717, 1.165) is 16.6 Å². The van der Waals surface area contributed by atoms with Crippen LogP contribution in [0.25, 0.3) is 17.0 Å². The topological polar surface area (TPSA) is 70.7 Å². The summed E-state index contributed by atoms with van der Waals surface area (Å²) in [7, 11) is 0. The number of carbonyl (C=O) groups is 1. The second kappa shape index (κ2) is 3.91. The highest BCUT2D eigenvalue weighted by Crippen LogP contribution is 2.18. The van der Waals surface area contributed by atoms with Gasteiger partial charge in [-0.2, -0.15) is 5.10 Å². The van der Waals surface area contributed by atoms with Gasteiger partial charge in [-0.15, -0.1) is 0 Å². The number of H-pyrrole nitrogens is 1. The summed E-state index contributed by atoms with van der Waals surface area (Å²) < 4.78 is 0. The van der Waals surface area contributed by atoms with Crippen molar-refractivity contribution in [2.24, 2.45) is 0 Å². The van der Waals surface area contributed by atoms with Crippen molar-refractivity contribution in [2.45, 2.75) is 6.92 Å². The van der Waals surface area contributed by atoms with Gasteiger partial charge in [-0.1, -0.05) is 6.08 Å². The SMILES string of the molecule is C/C=C/c1n[nH]c2cc(NC=O)ncc12. The van der Waals surface area contributed by atoms with E-state index in [1.165, 1.54) is 0 Å². The van der Waals surface area contributed by atoms with Crippen LogP contribution >= 0.6 is 0 Å². The maximum atomic E-state index is 10.2. The fourth-order valence-corrected chi connectivity index (χ4v) is 1.36. The normalized spacial score (nSPS) is 11.0. The van der Waals surface area contributed by atoms with Crippen LogP contribution in [0.4, 0.5) is 5.82 Å². The van der Waals surface area contributed by atoms with Gasteiger partial charge in [-0.05, 0) is 13.0 Å². The van der Waals surface area contributed by atoms with Crippen LogP contribution in [0.15, 0.2) is 18.3 Å². The van der Waals surface area contributed by atoms with Crippen molar-refractivity contribution >= 4 is 29.2 Å². The molecule has 0 bridgehead atoms. The van der Waals surface area contributed by atoms with E-state index >= 15 is 0 Å². The van der Waals surface area contributed by atoms with Crippen molar-refractivity contribution < 1.29 is 4.79 Å². The average Bonchev–Trinajstić information content (AvgIpc) is 2.62. The molecule has 5 nitrogen and oxygen atoms in total. The lowest BCUT2D eigenvalue weighted by Crippen LogP contribution is -1.95. The van der Waals surface area contributed by atoms with Crippen LogP contribution in [-0.2, 0) is 4.79 Å². The Kier molecular flexibility index (Phi) is 2.45. The quantitative estimate of drug-likeness (QED) is 0.742. The molecule has 0 aliphatic heterocycles. The molecule has 0 atom stereocenters. The van der Waals surface area contributed by atoms with Gasteiger partial charge in [0.05, 0.1) is 11.2 Å². The Bertz CT molecular complexity index is 515. The Labute approximate surface area is 86.2 Å². The van der Waals surface area contributed by atoms with Crippen LogP contribution in [-0.4, -0.2) is 21.6 Å². The molecule has 0 unspecified atom stereocenters. The standard InChI is InChI=1S/C10H10N4O/c1-2-3-8-7-5-11-10(12-6-15)4-9(7)14-13-8/h2-6H,1H3,(H,13,14)(H,11,12,15)/b3-2+. The minimum atomic E-state index is 0.508. The van der Waals surface area contributed by atoms with Crippen molar-refractivity contribution in [2.75, 3.05) is 5.32 Å². The number of allylic oxidation sites excluding steroid dienone is 1. The molecule has 0 radical (unpaired) electrons. The van der Waals surface area contributed by atoms with Crippen LogP contribution < -0.4 is 5.32 Å². The second-order valence-corrected chi connectivity index (χ2v) is 2.99.